The number of carbonyl (C=O) groups excluding carboxylic acids is 1. The predicted molar refractivity (Wildman–Crippen MR) is 105 cm³/mol. The van der Waals surface area contributed by atoms with Gasteiger partial charge in [0, 0.05) is 25.7 Å². The summed E-state index contributed by atoms with van der Waals surface area (Å²) in [6, 6.07) is 14.0. The number of hydrogen-bond donors (Lipinski definition) is 1. The molecule has 1 saturated heterocycles. The van der Waals surface area contributed by atoms with Gasteiger partial charge in [0.05, 0.1) is 10.6 Å². The third-order valence-electron chi connectivity index (χ3n) is 4.20. The summed E-state index contributed by atoms with van der Waals surface area (Å²) < 4.78 is 1.75. The van der Waals surface area contributed by atoms with E-state index < -0.39 is 0 Å². The lowest BCUT2D eigenvalue weighted by Crippen LogP contribution is -2.51. The number of hydrogen-bond acceptors (Lipinski definition) is 5. The van der Waals surface area contributed by atoms with Crippen molar-refractivity contribution >= 4 is 29.7 Å². The van der Waals surface area contributed by atoms with Crippen molar-refractivity contribution in [2.45, 2.75) is 13.0 Å². The Bertz CT molecular complexity index is 865. The molecule has 2 aromatic heterocycles. The van der Waals surface area contributed by atoms with Crippen LogP contribution in [-0.4, -0.2) is 51.2 Å². The molecule has 1 aliphatic rings. The van der Waals surface area contributed by atoms with Crippen LogP contribution in [0.3, 0.4) is 0 Å². The van der Waals surface area contributed by atoms with Gasteiger partial charge in [0.15, 0.2) is 5.82 Å². The minimum atomic E-state index is -0.110. The second-order valence-electron chi connectivity index (χ2n) is 6.09. The highest BCUT2D eigenvalue weighted by Crippen LogP contribution is 2.25. The molecule has 6 nitrogen and oxygen atoms in total. The number of nitrogens with one attached hydrogen (secondary N) is 1. The fourth-order valence-corrected chi connectivity index (χ4v) is 3.67. The molecule has 1 aromatic carbocycles. The van der Waals surface area contributed by atoms with Crippen LogP contribution >= 0.6 is 23.7 Å². The molecule has 0 aliphatic carbocycles. The van der Waals surface area contributed by atoms with Gasteiger partial charge >= 0.3 is 0 Å². The van der Waals surface area contributed by atoms with Crippen LogP contribution in [0.2, 0.25) is 0 Å². The molecule has 3 aromatic rings. The standard InChI is InChI=1S/C18H19N5OS.ClH/c1-13-12-22(10-9-19-13)18(24)16-20-17(15-8-5-11-25-15)23(21-16)14-6-3-2-4-7-14;/h2-8,11,13,19H,9-10,12H2,1H3;1H. The number of rotatable bonds is 3. The third-order valence-corrected chi connectivity index (χ3v) is 5.06. The first-order valence-corrected chi connectivity index (χ1v) is 9.19. The van der Waals surface area contributed by atoms with Gasteiger partial charge in [-0.15, -0.1) is 28.8 Å². The number of piperazine rings is 1. The highest BCUT2D eigenvalue weighted by atomic mass is 35.5. The molecule has 0 radical (unpaired) electrons. The smallest absolute Gasteiger partial charge is 0.293 e. The van der Waals surface area contributed by atoms with E-state index in [1.807, 2.05) is 52.7 Å². The van der Waals surface area contributed by atoms with Crippen LogP contribution in [0.15, 0.2) is 47.8 Å². The molecule has 0 spiro atoms. The Labute approximate surface area is 162 Å². The third kappa shape index (κ3) is 3.65. The molecule has 0 saturated carbocycles. The molecule has 136 valence electrons. The minimum Gasteiger partial charge on any atom is -0.333 e. The molecule has 3 heterocycles. The average Bonchev–Trinajstić information content (AvgIpc) is 3.31. The first-order valence-electron chi connectivity index (χ1n) is 8.31. The molecular formula is C18H20ClN5OS. The summed E-state index contributed by atoms with van der Waals surface area (Å²) in [6.45, 7) is 4.22. The van der Waals surface area contributed by atoms with E-state index in [9.17, 15) is 4.79 Å². The normalized spacial score (nSPS) is 17.0. The minimum absolute atomic E-state index is 0. The number of halogens is 1. The maximum absolute atomic E-state index is 12.9. The van der Waals surface area contributed by atoms with E-state index >= 15 is 0 Å². The fraction of sp³-hybridized carbons (Fsp3) is 0.278. The Morgan fingerprint density at radius 1 is 1.23 bits per heavy atom. The van der Waals surface area contributed by atoms with E-state index in [2.05, 4.69) is 22.3 Å². The zero-order valence-electron chi connectivity index (χ0n) is 14.3. The van der Waals surface area contributed by atoms with Crippen LogP contribution in [0.5, 0.6) is 0 Å². The van der Waals surface area contributed by atoms with Crippen molar-refractivity contribution in [3.05, 3.63) is 53.7 Å². The summed E-state index contributed by atoms with van der Waals surface area (Å²) in [4.78, 5) is 20.3. The van der Waals surface area contributed by atoms with Crippen LogP contribution in [0.25, 0.3) is 16.4 Å². The van der Waals surface area contributed by atoms with Crippen LogP contribution < -0.4 is 5.32 Å². The lowest BCUT2D eigenvalue weighted by molar-refractivity contribution is 0.0697. The molecule has 1 aliphatic heterocycles. The molecule has 0 bridgehead atoms. The number of para-hydroxylation sites is 1. The first kappa shape index (κ1) is 18.6. The number of amides is 1. The summed E-state index contributed by atoms with van der Waals surface area (Å²) in [5, 5.41) is 9.88. The summed E-state index contributed by atoms with van der Waals surface area (Å²) in [6.07, 6.45) is 0. The lowest BCUT2D eigenvalue weighted by atomic mass is 10.2. The molecule has 8 heteroatoms. The van der Waals surface area contributed by atoms with Crippen molar-refractivity contribution in [2.24, 2.45) is 0 Å². The largest absolute Gasteiger partial charge is 0.333 e. The van der Waals surface area contributed by atoms with Crippen LogP contribution in [0.1, 0.15) is 17.5 Å². The second-order valence-corrected chi connectivity index (χ2v) is 7.04. The van der Waals surface area contributed by atoms with E-state index in [4.69, 9.17) is 0 Å². The number of benzene rings is 1. The quantitative estimate of drug-likeness (QED) is 0.748. The second kappa shape index (κ2) is 7.99. The molecule has 26 heavy (non-hydrogen) atoms. The van der Waals surface area contributed by atoms with E-state index in [1.165, 1.54) is 0 Å². The van der Waals surface area contributed by atoms with Crippen molar-refractivity contribution in [1.82, 2.24) is 25.0 Å². The summed E-state index contributed by atoms with van der Waals surface area (Å²) in [5.74, 6) is 0.843. The maximum atomic E-state index is 12.9. The van der Waals surface area contributed by atoms with E-state index in [0.717, 1.165) is 17.1 Å². The number of thiophene rings is 1. The predicted octanol–water partition coefficient (Wildman–Crippen LogP) is 2.85. The molecule has 1 atom stereocenters. The van der Waals surface area contributed by atoms with Crippen molar-refractivity contribution in [3.8, 4) is 16.4 Å². The van der Waals surface area contributed by atoms with E-state index in [1.54, 1.807) is 16.0 Å². The lowest BCUT2D eigenvalue weighted by Gasteiger charge is -2.30. The summed E-state index contributed by atoms with van der Waals surface area (Å²) in [5.41, 5.74) is 0.895. The topological polar surface area (TPSA) is 63.1 Å². The Kier molecular flexibility index (Phi) is 5.70. The Morgan fingerprint density at radius 2 is 2.04 bits per heavy atom. The molecule has 4 rings (SSSR count). The van der Waals surface area contributed by atoms with Gasteiger partial charge in [0.1, 0.15) is 0 Å². The molecular weight excluding hydrogens is 370 g/mol. The van der Waals surface area contributed by atoms with Crippen LogP contribution in [0, 0.1) is 0 Å². The van der Waals surface area contributed by atoms with Gasteiger partial charge in [-0.1, -0.05) is 24.3 Å². The molecule has 1 fully saturated rings. The van der Waals surface area contributed by atoms with E-state index in [-0.39, 0.29) is 30.2 Å². The first-order chi connectivity index (χ1) is 12.2. The van der Waals surface area contributed by atoms with Crippen LogP contribution in [0.4, 0.5) is 0 Å². The van der Waals surface area contributed by atoms with Gasteiger partial charge in [-0.25, -0.2) is 9.67 Å². The maximum Gasteiger partial charge on any atom is 0.293 e. The summed E-state index contributed by atoms with van der Waals surface area (Å²) in [7, 11) is 0. The average molecular weight is 390 g/mol. The Hall–Kier alpha value is -2.22. The Morgan fingerprint density at radius 3 is 2.73 bits per heavy atom. The van der Waals surface area contributed by atoms with Gasteiger partial charge in [-0.3, -0.25) is 4.79 Å². The number of aromatic nitrogens is 3. The van der Waals surface area contributed by atoms with E-state index in [0.29, 0.717) is 18.9 Å². The van der Waals surface area contributed by atoms with Crippen molar-refractivity contribution in [3.63, 3.8) is 0 Å². The molecule has 1 unspecified atom stereocenters. The Balaban J connectivity index is 0.00000196. The number of nitrogens with zero attached hydrogens (tertiary/aromatic N) is 4. The van der Waals surface area contributed by atoms with Gasteiger partial charge in [-0.05, 0) is 30.5 Å². The summed E-state index contributed by atoms with van der Waals surface area (Å²) >= 11 is 1.59. The van der Waals surface area contributed by atoms with Gasteiger partial charge in [0.25, 0.3) is 5.91 Å². The van der Waals surface area contributed by atoms with Crippen LogP contribution in [-0.2, 0) is 0 Å². The molecule has 1 amide bonds. The zero-order valence-corrected chi connectivity index (χ0v) is 16.0. The highest BCUT2D eigenvalue weighted by molar-refractivity contribution is 7.13. The van der Waals surface area contributed by atoms with Crippen molar-refractivity contribution < 1.29 is 4.79 Å². The number of carbonyl (C=O) groups is 1. The van der Waals surface area contributed by atoms with Gasteiger partial charge in [0.2, 0.25) is 5.82 Å². The van der Waals surface area contributed by atoms with Crippen molar-refractivity contribution in [2.75, 3.05) is 19.6 Å². The van der Waals surface area contributed by atoms with Gasteiger partial charge < -0.3 is 10.2 Å². The highest BCUT2D eigenvalue weighted by Gasteiger charge is 2.26. The monoisotopic (exact) mass is 389 g/mol. The zero-order chi connectivity index (χ0) is 17.2. The fourth-order valence-electron chi connectivity index (χ4n) is 2.98. The van der Waals surface area contributed by atoms with Gasteiger partial charge in [-0.2, -0.15) is 0 Å². The SMILES string of the molecule is CC1CN(C(=O)c2nc(-c3cccs3)n(-c3ccccc3)n2)CCN1.Cl. The molecule has 1 N–H and O–H groups in total. The van der Waals surface area contributed by atoms with Crippen molar-refractivity contribution in [1.29, 1.82) is 0 Å².